The van der Waals surface area contributed by atoms with Gasteiger partial charge in [0.25, 0.3) is 11.9 Å². The summed E-state index contributed by atoms with van der Waals surface area (Å²) >= 11 is 0. The molecule has 15 heteroatoms. The summed E-state index contributed by atoms with van der Waals surface area (Å²) in [6, 6.07) is 3.28. The van der Waals surface area contributed by atoms with Gasteiger partial charge in [0.1, 0.15) is 23.1 Å². The van der Waals surface area contributed by atoms with Crippen molar-refractivity contribution in [3.63, 3.8) is 0 Å². The van der Waals surface area contributed by atoms with Gasteiger partial charge in [-0.05, 0) is 43.5 Å². The summed E-state index contributed by atoms with van der Waals surface area (Å²) in [5.74, 6) is -2.22. The fourth-order valence-corrected chi connectivity index (χ4v) is 4.88. The predicted octanol–water partition coefficient (Wildman–Crippen LogP) is 3.82. The third-order valence-electron chi connectivity index (χ3n) is 7.09. The van der Waals surface area contributed by atoms with Gasteiger partial charge in [-0.15, -0.1) is 0 Å². The average Bonchev–Trinajstić information content (AvgIpc) is 3.43. The Labute approximate surface area is 232 Å². The highest BCUT2D eigenvalue weighted by Crippen LogP contribution is 2.32. The van der Waals surface area contributed by atoms with Crippen LogP contribution in [0.25, 0.3) is 0 Å². The number of nitrogens with zero attached hydrogens (tertiary/aromatic N) is 5. The van der Waals surface area contributed by atoms with Crippen LogP contribution < -0.4 is 15.5 Å². The fourth-order valence-electron chi connectivity index (χ4n) is 4.88. The van der Waals surface area contributed by atoms with Gasteiger partial charge in [0.15, 0.2) is 6.04 Å². The fraction of sp³-hybridized carbons (Fsp3) is 0.462. The zero-order chi connectivity index (χ0) is 29.1. The van der Waals surface area contributed by atoms with Crippen LogP contribution in [-0.2, 0) is 9.53 Å². The van der Waals surface area contributed by atoms with Crippen LogP contribution in [0.4, 0.5) is 43.9 Å². The molecule has 3 aliphatic heterocycles. The van der Waals surface area contributed by atoms with Gasteiger partial charge < -0.3 is 30.1 Å². The number of ether oxygens (including phenoxy) is 1. The SMILES string of the molecule is O=C(Nc1ccc(N2CCN(C(=O)Nc3c(F)cccc3F)CC2)nc1)C1OC(N2CCCCC2)=NC1C(F)(F)F. The molecule has 4 heterocycles. The Hall–Kier alpha value is -4.17. The summed E-state index contributed by atoms with van der Waals surface area (Å²) in [5.41, 5.74) is -0.335. The summed E-state index contributed by atoms with van der Waals surface area (Å²) in [5, 5.41) is 4.69. The number of carbonyl (C=O) groups excluding carboxylic acids is 2. The molecule has 3 amide bonds. The van der Waals surface area contributed by atoms with E-state index >= 15 is 0 Å². The number of benzene rings is 1. The number of para-hydroxylation sites is 1. The van der Waals surface area contributed by atoms with E-state index in [2.05, 4.69) is 20.6 Å². The van der Waals surface area contributed by atoms with Crippen LogP contribution in [0.5, 0.6) is 0 Å². The normalized spacial score (nSPS) is 21.3. The monoisotopic (exact) mass is 581 g/mol. The Morgan fingerprint density at radius 3 is 2.17 bits per heavy atom. The molecule has 41 heavy (non-hydrogen) atoms. The molecular weight excluding hydrogens is 553 g/mol. The number of rotatable bonds is 4. The number of nitrogens with one attached hydrogen (secondary N) is 2. The van der Waals surface area contributed by atoms with Crippen molar-refractivity contribution in [3.8, 4) is 0 Å². The van der Waals surface area contributed by atoms with Gasteiger partial charge in [-0.2, -0.15) is 13.2 Å². The molecule has 1 aromatic heterocycles. The van der Waals surface area contributed by atoms with Crippen LogP contribution >= 0.6 is 0 Å². The van der Waals surface area contributed by atoms with E-state index in [0.717, 1.165) is 31.4 Å². The Morgan fingerprint density at radius 1 is 0.878 bits per heavy atom. The van der Waals surface area contributed by atoms with Gasteiger partial charge >= 0.3 is 12.2 Å². The number of piperazine rings is 1. The molecule has 3 aliphatic rings. The van der Waals surface area contributed by atoms with Crippen molar-refractivity contribution in [1.82, 2.24) is 14.8 Å². The van der Waals surface area contributed by atoms with Crippen LogP contribution in [0.1, 0.15) is 19.3 Å². The van der Waals surface area contributed by atoms with Crippen LogP contribution in [0.3, 0.4) is 0 Å². The Kier molecular flexibility index (Phi) is 8.13. The molecule has 0 aliphatic carbocycles. The minimum atomic E-state index is -4.76. The third-order valence-corrected chi connectivity index (χ3v) is 7.09. The summed E-state index contributed by atoms with van der Waals surface area (Å²) in [6.45, 7) is 2.27. The number of amidine groups is 1. The summed E-state index contributed by atoms with van der Waals surface area (Å²) in [7, 11) is 0. The van der Waals surface area contributed by atoms with Crippen molar-refractivity contribution in [2.24, 2.45) is 4.99 Å². The lowest BCUT2D eigenvalue weighted by atomic mass is 10.1. The number of hydrogen-bond donors (Lipinski definition) is 2. The molecule has 2 unspecified atom stereocenters. The average molecular weight is 582 g/mol. The number of amides is 3. The predicted molar refractivity (Wildman–Crippen MR) is 140 cm³/mol. The van der Waals surface area contributed by atoms with Crippen LogP contribution in [0, 0.1) is 11.6 Å². The standard InChI is InChI=1S/C26H28F5N7O3/c27-17-5-4-6-18(28)20(17)34-24(40)37-13-11-36(12-14-37)19-8-7-16(15-32-19)33-23(39)21-22(26(29,30)31)35-25(41-21)38-9-2-1-3-10-38/h4-8,15,21-22H,1-3,9-14H2,(H,33,39)(H,34,40). The number of aliphatic imine (C=N–C) groups is 1. The summed E-state index contributed by atoms with van der Waals surface area (Å²) < 4.78 is 74.1. The van der Waals surface area contributed by atoms with Crippen LogP contribution in [-0.4, -0.2) is 90.3 Å². The minimum absolute atomic E-state index is 0.160. The van der Waals surface area contributed by atoms with E-state index < -0.39 is 47.6 Å². The number of hydrogen-bond acceptors (Lipinski definition) is 7. The maximum Gasteiger partial charge on any atom is 0.415 e. The Bertz CT molecular complexity index is 1270. The molecule has 2 aromatic rings. The number of urea groups is 1. The largest absolute Gasteiger partial charge is 0.449 e. The number of anilines is 3. The van der Waals surface area contributed by atoms with E-state index in [9.17, 15) is 31.5 Å². The number of halogens is 5. The minimum Gasteiger partial charge on any atom is -0.449 e. The summed E-state index contributed by atoms with van der Waals surface area (Å²) in [6.07, 6.45) is -2.71. The molecule has 2 fully saturated rings. The maximum absolute atomic E-state index is 13.8. The van der Waals surface area contributed by atoms with E-state index in [1.807, 2.05) is 4.90 Å². The second-order valence-corrected chi connectivity index (χ2v) is 9.88. The van der Waals surface area contributed by atoms with Gasteiger partial charge in [-0.1, -0.05) is 6.07 Å². The van der Waals surface area contributed by atoms with Gasteiger partial charge in [-0.3, -0.25) is 4.79 Å². The van der Waals surface area contributed by atoms with Gasteiger partial charge in [0, 0.05) is 39.3 Å². The molecular formula is C26H28F5N7O3. The van der Waals surface area contributed by atoms with E-state index in [1.54, 1.807) is 11.0 Å². The van der Waals surface area contributed by atoms with Gasteiger partial charge in [-0.25, -0.2) is 23.6 Å². The second-order valence-electron chi connectivity index (χ2n) is 9.88. The number of aromatic nitrogens is 1. The first-order valence-corrected chi connectivity index (χ1v) is 13.2. The molecule has 0 bridgehead atoms. The molecule has 0 saturated carbocycles. The molecule has 0 radical (unpaired) electrons. The molecule has 10 nitrogen and oxygen atoms in total. The molecule has 0 spiro atoms. The van der Waals surface area contributed by atoms with E-state index in [-0.39, 0.29) is 24.8 Å². The first-order valence-electron chi connectivity index (χ1n) is 13.2. The molecule has 2 saturated heterocycles. The maximum atomic E-state index is 13.8. The Balaban J connectivity index is 1.15. The first kappa shape index (κ1) is 28.4. The molecule has 2 N–H and O–H groups in total. The highest BCUT2D eigenvalue weighted by Gasteiger charge is 2.54. The van der Waals surface area contributed by atoms with Crippen molar-refractivity contribution in [2.75, 3.05) is 54.8 Å². The van der Waals surface area contributed by atoms with E-state index in [1.165, 1.54) is 23.2 Å². The second kappa shape index (κ2) is 11.7. The lowest BCUT2D eigenvalue weighted by Gasteiger charge is -2.35. The first-order chi connectivity index (χ1) is 19.6. The molecule has 1 aromatic carbocycles. The summed E-state index contributed by atoms with van der Waals surface area (Å²) in [4.78, 5) is 38.2. The van der Waals surface area contributed by atoms with E-state index in [4.69, 9.17) is 4.74 Å². The zero-order valence-electron chi connectivity index (χ0n) is 21.8. The van der Waals surface area contributed by atoms with Crippen LogP contribution in [0.15, 0.2) is 41.5 Å². The number of alkyl halides is 3. The van der Waals surface area contributed by atoms with Crippen molar-refractivity contribution < 1.29 is 36.3 Å². The molecule has 5 rings (SSSR count). The van der Waals surface area contributed by atoms with Crippen LogP contribution in [0.2, 0.25) is 0 Å². The van der Waals surface area contributed by atoms with Crippen molar-refractivity contribution in [3.05, 3.63) is 48.2 Å². The lowest BCUT2D eigenvalue weighted by Crippen LogP contribution is -2.50. The lowest BCUT2D eigenvalue weighted by molar-refractivity contribution is -0.165. The third kappa shape index (κ3) is 6.43. The van der Waals surface area contributed by atoms with E-state index in [0.29, 0.717) is 32.0 Å². The van der Waals surface area contributed by atoms with Crippen molar-refractivity contribution in [1.29, 1.82) is 0 Å². The van der Waals surface area contributed by atoms with Crippen molar-refractivity contribution >= 4 is 35.2 Å². The Morgan fingerprint density at radius 2 is 1.56 bits per heavy atom. The number of pyridine rings is 1. The number of carbonyl (C=O) groups is 2. The number of likely N-dealkylation sites (tertiary alicyclic amines) is 1. The molecule has 2 atom stereocenters. The quantitative estimate of drug-likeness (QED) is 0.533. The number of piperidine rings is 1. The van der Waals surface area contributed by atoms with Gasteiger partial charge in [0.2, 0.25) is 6.10 Å². The van der Waals surface area contributed by atoms with Gasteiger partial charge in [0.05, 0.1) is 11.9 Å². The highest BCUT2D eigenvalue weighted by molar-refractivity contribution is 5.97. The topological polar surface area (TPSA) is 102 Å². The molecule has 220 valence electrons. The zero-order valence-corrected chi connectivity index (χ0v) is 21.8. The smallest absolute Gasteiger partial charge is 0.415 e. The highest BCUT2D eigenvalue weighted by atomic mass is 19.4. The van der Waals surface area contributed by atoms with Crippen molar-refractivity contribution in [2.45, 2.75) is 37.6 Å².